The predicted molar refractivity (Wildman–Crippen MR) is 124 cm³/mol. The molecule has 3 rings (SSSR count). The standard InChI is InChI=1S/C24H31N5O4/c1-3-12-29(24(32)26-16(2)13-17-4-8-19(30)9-5-17)15-22-27-28-23(33-22)21(25)14-18-6-10-20(31)11-7-18/h4-11,16,21,30-31H,3,12-15,25H2,1-2H3,(H,26,32). The number of hydrogen-bond donors (Lipinski definition) is 4. The first kappa shape index (κ1) is 24.1. The average molecular weight is 454 g/mol. The fourth-order valence-corrected chi connectivity index (χ4v) is 3.48. The Balaban J connectivity index is 1.57. The molecule has 0 saturated carbocycles. The Morgan fingerprint density at radius 2 is 1.61 bits per heavy atom. The Morgan fingerprint density at radius 3 is 2.18 bits per heavy atom. The number of carbonyl (C=O) groups is 1. The molecular weight excluding hydrogens is 422 g/mol. The summed E-state index contributed by atoms with van der Waals surface area (Å²) in [6.45, 7) is 4.65. The number of amides is 2. The number of benzene rings is 2. The van der Waals surface area contributed by atoms with Crippen LogP contribution in [-0.2, 0) is 19.4 Å². The molecule has 1 aromatic heterocycles. The number of nitrogens with two attached hydrogens (primary N) is 1. The minimum absolute atomic E-state index is 0.0987. The van der Waals surface area contributed by atoms with Gasteiger partial charge in [-0.05, 0) is 61.6 Å². The Kier molecular flexibility index (Phi) is 8.26. The van der Waals surface area contributed by atoms with E-state index in [1.54, 1.807) is 41.3 Å². The normalized spacial score (nSPS) is 12.8. The molecule has 2 amide bonds. The molecule has 0 aliphatic carbocycles. The van der Waals surface area contributed by atoms with E-state index in [0.717, 1.165) is 17.5 Å². The summed E-state index contributed by atoms with van der Waals surface area (Å²) in [5.41, 5.74) is 8.17. The van der Waals surface area contributed by atoms with Crippen LogP contribution < -0.4 is 11.1 Å². The predicted octanol–water partition coefficient (Wildman–Crippen LogP) is 3.28. The fourth-order valence-electron chi connectivity index (χ4n) is 3.48. The number of aromatic hydroxyl groups is 2. The summed E-state index contributed by atoms with van der Waals surface area (Å²) in [5, 5.41) is 29.9. The molecule has 0 aliphatic rings. The van der Waals surface area contributed by atoms with Crippen molar-refractivity contribution in [2.24, 2.45) is 5.73 Å². The van der Waals surface area contributed by atoms with Crippen molar-refractivity contribution >= 4 is 6.03 Å². The number of nitrogens with one attached hydrogen (secondary N) is 1. The largest absolute Gasteiger partial charge is 0.508 e. The van der Waals surface area contributed by atoms with Gasteiger partial charge in [0.2, 0.25) is 11.8 Å². The second-order valence-electron chi connectivity index (χ2n) is 8.15. The molecule has 2 aromatic carbocycles. The third kappa shape index (κ3) is 7.21. The van der Waals surface area contributed by atoms with Gasteiger partial charge in [-0.15, -0.1) is 10.2 Å². The van der Waals surface area contributed by atoms with Crippen LogP contribution in [0.5, 0.6) is 11.5 Å². The van der Waals surface area contributed by atoms with E-state index in [1.165, 1.54) is 0 Å². The molecular formula is C24H31N5O4. The maximum absolute atomic E-state index is 12.8. The Morgan fingerprint density at radius 1 is 1.03 bits per heavy atom. The lowest BCUT2D eigenvalue weighted by molar-refractivity contribution is 0.185. The molecule has 33 heavy (non-hydrogen) atoms. The molecule has 0 spiro atoms. The average Bonchev–Trinajstić information content (AvgIpc) is 3.25. The van der Waals surface area contributed by atoms with Gasteiger partial charge >= 0.3 is 6.03 Å². The van der Waals surface area contributed by atoms with Crippen LogP contribution in [0.15, 0.2) is 52.9 Å². The van der Waals surface area contributed by atoms with Crippen LogP contribution in [0.25, 0.3) is 0 Å². The van der Waals surface area contributed by atoms with Crippen LogP contribution in [0.2, 0.25) is 0 Å². The van der Waals surface area contributed by atoms with Gasteiger partial charge in [0, 0.05) is 12.6 Å². The van der Waals surface area contributed by atoms with E-state index in [0.29, 0.717) is 31.2 Å². The number of hydrogen-bond acceptors (Lipinski definition) is 7. The summed E-state index contributed by atoms with van der Waals surface area (Å²) in [5.74, 6) is 1.03. The minimum Gasteiger partial charge on any atom is -0.508 e. The molecule has 0 radical (unpaired) electrons. The zero-order chi connectivity index (χ0) is 23.8. The van der Waals surface area contributed by atoms with Gasteiger partial charge in [0.25, 0.3) is 0 Å². The van der Waals surface area contributed by atoms with Crippen molar-refractivity contribution < 1.29 is 19.4 Å². The number of carbonyl (C=O) groups excluding carboxylic acids is 1. The molecule has 176 valence electrons. The second-order valence-corrected chi connectivity index (χ2v) is 8.15. The maximum Gasteiger partial charge on any atom is 0.318 e. The minimum atomic E-state index is -0.491. The lowest BCUT2D eigenvalue weighted by Crippen LogP contribution is -2.44. The van der Waals surface area contributed by atoms with E-state index in [4.69, 9.17) is 10.2 Å². The smallest absolute Gasteiger partial charge is 0.318 e. The second kappa shape index (κ2) is 11.3. The van der Waals surface area contributed by atoms with E-state index in [-0.39, 0.29) is 30.1 Å². The highest BCUT2D eigenvalue weighted by atomic mass is 16.4. The maximum atomic E-state index is 12.8. The summed E-state index contributed by atoms with van der Waals surface area (Å²) in [4.78, 5) is 14.5. The first-order chi connectivity index (χ1) is 15.8. The van der Waals surface area contributed by atoms with Gasteiger partial charge < -0.3 is 30.6 Å². The first-order valence-corrected chi connectivity index (χ1v) is 11.0. The van der Waals surface area contributed by atoms with Gasteiger partial charge in [-0.25, -0.2) is 4.79 Å². The molecule has 2 unspecified atom stereocenters. The van der Waals surface area contributed by atoms with Gasteiger partial charge in [-0.1, -0.05) is 31.2 Å². The van der Waals surface area contributed by atoms with E-state index in [2.05, 4.69) is 15.5 Å². The Bertz CT molecular complexity index is 1020. The molecule has 0 aliphatic heterocycles. The molecule has 2 atom stereocenters. The monoisotopic (exact) mass is 453 g/mol. The Labute approximate surface area is 193 Å². The van der Waals surface area contributed by atoms with Crippen LogP contribution in [-0.4, -0.2) is 43.9 Å². The number of phenols is 2. The van der Waals surface area contributed by atoms with Crippen LogP contribution in [0, 0.1) is 0 Å². The summed E-state index contributed by atoms with van der Waals surface area (Å²) < 4.78 is 5.74. The van der Waals surface area contributed by atoms with Crippen LogP contribution >= 0.6 is 0 Å². The van der Waals surface area contributed by atoms with Gasteiger partial charge in [0.1, 0.15) is 18.0 Å². The number of phenolic OH excluding ortho intramolecular Hbond substituents is 2. The van der Waals surface area contributed by atoms with Crippen molar-refractivity contribution in [1.82, 2.24) is 20.4 Å². The first-order valence-electron chi connectivity index (χ1n) is 11.0. The van der Waals surface area contributed by atoms with Gasteiger partial charge in [0.15, 0.2) is 0 Å². The molecule has 9 nitrogen and oxygen atoms in total. The lowest BCUT2D eigenvalue weighted by Gasteiger charge is -2.23. The van der Waals surface area contributed by atoms with E-state index < -0.39 is 6.04 Å². The van der Waals surface area contributed by atoms with Crippen molar-refractivity contribution in [3.05, 3.63) is 71.4 Å². The number of aromatic nitrogens is 2. The zero-order valence-corrected chi connectivity index (χ0v) is 18.9. The van der Waals surface area contributed by atoms with Crippen molar-refractivity contribution in [3.8, 4) is 11.5 Å². The fraction of sp³-hybridized carbons (Fsp3) is 0.375. The summed E-state index contributed by atoms with van der Waals surface area (Å²) >= 11 is 0. The molecule has 9 heteroatoms. The quantitative estimate of drug-likeness (QED) is 0.370. The number of nitrogens with zero attached hydrogens (tertiary/aromatic N) is 3. The van der Waals surface area contributed by atoms with E-state index in [9.17, 15) is 15.0 Å². The van der Waals surface area contributed by atoms with Crippen molar-refractivity contribution in [3.63, 3.8) is 0 Å². The van der Waals surface area contributed by atoms with Gasteiger partial charge in [0.05, 0.1) is 6.04 Å². The highest BCUT2D eigenvalue weighted by molar-refractivity contribution is 5.74. The van der Waals surface area contributed by atoms with Crippen LogP contribution in [0.1, 0.15) is 49.2 Å². The molecule has 1 heterocycles. The highest BCUT2D eigenvalue weighted by Gasteiger charge is 2.20. The molecule has 3 aromatic rings. The summed E-state index contributed by atoms with van der Waals surface area (Å²) in [7, 11) is 0. The number of urea groups is 1. The number of rotatable bonds is 10. The highest BCUT2D eigenvalue weighted by Crippen LogP contribution is 2.18. The molecule has 5 N–H and O–H groups in total. The Hall–Kier alpha value is -3.59. The molecule has 0 fully saturated rings. The van der Waals surface area contributed by atoms with E-state index >= 15 is 0 Å². The van der Waals surface area contributed by atoms with E-state index in [1.807, 2.05) is 26.0 Å². The van der Waals surface area contributed by atoms with Crippen molar-refractivity contribution in [2.75, 3.05) is 6.54 Å². The van der Waals surface area contributed by atoms with Crippen LogP contribution in [0.3, 0.4) is 0 Å². The third-order valence-corrected chi connectivity index (χ3v) is 5.15. The van der Waals surface area contributed by atoms with Crippen molar-refractivity contribution in [2.45, 2.75) is 51.7 Å². The van der Waals surface area contributed by atoms with Gasteiger partial charge in [-0.3, -0.25) is 0 Å². The summed E-state index contributed by atoms with van der Waals surface area (Å²) in [6.07, 6.45) is 1.90. The zero-order valence-electron chi connectivity index (χ0n) is 18.9. The SMILES string of the molecule is CCCN(Cc1nnc(C(N)Cc2ccc(O)cc2)o1)C(=O)NC(C)Cc1ccc(O)cc1. The van der Waals surface area contributed by atoms with Crippen molar-refractivity contribution in [1.29, 1.82) is 0 Å². The lowest BCUT2D eigenvalue weighted by atomic mass is 10.1. The topological polar surface area (TPSA) is 138 Å². The third-order valence-electron chi connectivity index (χ3n) is 5.15. The molecule has 0 bridgehead atoms. The van der Waals surface area contributed by atoms with Gasteiger partial charge in [-0.2, -0.15) is 0 Å². The molecule has 0 saturated heterocycles. The van der Waals surface area contributed by atoms with Crippen LogP contribution in [0.4, 0.5) is 4.79 Å². The summed E-state index contributed by atoms with van der Waals surface area (Å²) in [6, 6.07) is 12.9.